The predicted molar refractivity (Wildman–Crippen MR) is 118 cm³/mol. The van der Waals surface area contributed by atoms with Gasteiger partial charge in [-0.05, 0) is 30.7 Å². The van der Waals surface area contributed by atoms with Gasteiger partial charge in [-0.3, -0.25) is 9.59 Å². The van der Waals surface area contributed by atoms with Gasteiger partial charge in [0.1, 0.15) is 13.1 Å². The molecule has 6 nitrogen and oxygen atoms in total. The molecule has 0 aromatic heterocycles. The van der Waals surface area contributed by atoms with Crippen LogP contribution in [0.3, 0.4) is 0 Å². The number of nitrogens with zero attached hydrogens (tertiary/aromatic N) is 1. The number of carbonyl (C=O) groups excluding carboxylic acids is 2. The largest absolute Gasteiger partial charge is 0.370 e. The second-order valence-corrected chi connectivity index (χ2v) is 8.82. The standard InChI is InChI=1S/C23H27N3O3S/c1-17-2-4-18(5-3-17)15-26-20-14-19(6-7-21(20)30-16-22(26)27)23(28)24-8-9-25-10-12-29-13-11-25/h2-7,14H,8-13,15-16H2,1H3,(H,24,28)/p+1. The molecule has 2 N–H and O–H groups in total. The number of ether oxygens (including phenoxy) is 1. The van der Waals surface area contributed by atoms with Crippen LogP contribution in [0, 0.1) is 6.92 Å². The van der Waals surface area contributed by atoms with E-state index in [4.69, 9.17) is 4.74 Å². The molecule has 0 spiro atoms. The summed E-state index contributed by atoms with van der Waals surface area (Å²) < 4.78 is 5.37. The summed E-state index contributed by atoms with van der Waals surface area (Å²) in [5.41, 5.74) is 3.69. The summed E-state index contributed by atoms with van der Waals surface area (Å²) in [6, 6.07) is 13.9. The number of aryl methyl sites for hydroxylation is 1. The van der Waals surface area contributed by atoms with E-state index in [2.05, 4.69) is 29.6 Å². The molecule has 30 heavy (non-hydrogen) atoms. The molecule has 0 aliphatic carbocycles. The van der Waals surface area contributed by atoms with Crippen molar-refractivity contribution in [3.8, 4) is 0 Å². The number of anilines is 1. The summed E-state index contributed by atoms with van der Waals surface area (Å²) in [4.78, 5) is 29.6. The number of morpholine rings is 1. The number of benzene rings is 2. The first-order chi connectivity index (χ1) is 14.6. The quantitative estimate of drug-likeness (QED) is 0.731. The topological polar surface area (TPSA) is 63.1 Å². The summed E-state index contributed by atoms with van der Waals surface area (Å²) in [6.07, 6.45) is 0. The molecule has 2 aliphatic rings. The molecule has 0 saturated carbocycles. The van der Waals surface area contributed by atoms with Crippen LogP contribution < -0.4 is 15.1 Å². The van der Waals surface area contributed by atoms with Crippen molar-refractivity contribution < 1.29 is 19.2 Å². The number of nitrogens with one attached hydrogen (secondary N) is 2. The van der Waals surface area contributed by atoms with Crippen LogP contribution in [0.5, 0.6) is 0 Å². The minimum absolute atomic E-state index is 0.0709. The van der Waals surface area contributed by atoms with Crippen LogP contribution in [0.25, 0.3) is 0 Å². The van der Waals surface area contributed by atoms with Crippen LogP contribution in [-0.4, -0.2) is 57.0 Å². The van der Waals surface area contributed by atoms with E-state index in [-0.39, 0.29) is 11.8 Å². The van der Waals surface area contributed by atoms with Crippen LogP contribution in [0.2, 0.25) is 0 Å². The smallest absolute Gasteiger partial charge is 0.251 e. The molecule has 2 aromatic rings. The Kier molecular flexibility index (Phi) is 6.72. The first-order valence-corrected chi connectivity index (χ1v) is 11.4. The van der Waals surface area contributed by atoms with E-state index in [1.165, 1.54) is 22.2 Å². The molecule has 158 valence electrons. The van der Waals surface area contributed by atoms with Crippen LogP contribution in [0.1, 0.15) is 21.5 Å². The average Bonchev–Trinajstić information content (AvgIpc) is 2.77. The molecular formula is C23H28N3O3S+. The summed E-state index contributed by atoms with van der Waals surface area (Å²) >= 11 is 1.53. The highest BCUT2D eigenvalue weighted by atomic mass is 32.2. The monoisotopic (exact) mass is 426 g/mol. The third kappa shape index (κ3) is 5.03. The van der Waals surface area contributed by atoms with Crippen molar-refractivity contribution in [3.05, 3.63) is 59.2 Å². The third-order valence-corrected chi connectivity index (χ3v) is 6.64. The fourth-order valence-electron chi connectivity index (χ4n) is 3.76. The molecule has 2 aliphatic heterocycles. The molecular weight excluding hydrogens is 398 g/mol. The molecule has 4 rings (SSSR count). The zero-order valence-electron chi connectivity index (χ0n) is 17.3. The minimum atomic E-state index is -0.0937. The maximum absolute atomic E-state index is 12.7. The van der Waals surface area contributed by atoms with Crippen molar-refractivity contribution in [1.82, 2.24) is 5.32 Å². The molecule has 7 heteroatoms. The number of hydrogen-bond donors (Lipinski definition) is 2. The van der Waals surface area contributed by atoms with Crippen molar-refractivity contribution in [1.29, 1.82) is 0 Å². The van der Waals surface area contributed by atoms with Gasteiger partial charge in [0, 0.05) is 10.5 Å². The number of quaternary nitrogens is 1. The number of carbonyl (C=O) groups is 2. The van der Waals surface area contributed by atoms with Gasteiger partial charge in [-0.2, -0.15) is 0 Å². The Hall–Kier alpha value is -2.35. The number of fused-ring (bicyclic) bond motifs is 1. The molecule has 0 unspecified atom stereocenters. The predicted octanol–water partition coefficient (Wildman–Crippen LogP) is 1.28. The van der Waals surface area contributed by atoms with Crippen molar-refractivity contribution in [2.45, 2.75) is 18.4 Å². The lowest BCUT2D eigenvalue weighted by molar-refractivity contribution is -0.906. The second kappa shape index (κ2) is 9.64. The van der Waals surface area contributed by atoms with Crippen LogP contribution in [0.4, 0.5) is 5.69 Å². The first-order valence-electron chi connectivity index (χ1n) is 10.4. The van der Waals surface area contributed by atoms with Crippen molar-refractivity contribution >= 4 is 29.3 Å². The first kappa shape index (κ1) is 20.9. The number of hydrogen-bond acceptors (Lipinski definition) is 4. The van der Waals surface area contributed by atoms with Gasteiger partial charge in [0.15, 0.2) is 0 Å². The Bertz CT molecular complexity index is 910. The minimum Gasteiger partial charge on any atom is -0.370 e. The van der Waals surface area contributed by atoms with Gasteiger partial charge >= 0.3 is 0 Å². The highest BCUT2D eigenvalue weighted by Gasteiger charge is 2.26. The highest BCUT2D eigenvalue weighted by Crippen LogP contribution is 2.36. The Morgan fingerprint density at radius 2 is 1.93 bits per heavy atom. The molecule has 1 saturated heterocycles. The third-order valence-electron chi connectivity index (χ3n) is 5.59. The molecule has 0 radical (unpaired) electrons. The maximum atomic E-state index is 12.7. The molecule has 2 heterocycles. The van der Waals surface area contributed by atoms with Crippen molar-refractivity contribution in [3.63, 3.8) is 0 Å². The Morgan fingerprint density at radius 1 is 1.17 bits per heavy atom. The Morgan fingerprint density at radius 3 is 2.70 bits per heavy atom. The normalized spacial score (nSPS) is 17.0. The zero-order chi connectivity index (χ0) is 20.9. The summed E-state index contributed by atoms with van der Waals surface area (Å²) in [6.45, 7) is 7.64. The van der Waals surface area contributed by atoms with Gasteiger partial charge in [0.05, 0.1) is 44.3 Å². The fourth-order valence-corrected chi connectivity index (χ4v) is 4.67. The van der Waals surface area contributed by atoms with Gasteiger partial charge in [0.25, 0.3) is 5.91 Å². The Labute approximate surface area is 181 Å². The second-order valence-electron chi connectivity index (χ2n) is 7.80. The lowest BCUT2D eigenvalue weighted by Crippen LogP contribution is -3.14. The number of rotatable bonds is 6. The fraction of sp³-hybridized carbons (Fsp3) is 0.391. The van der Waals surface area contributed by atoms with E-state index in [0.717, 1.165) is 49.0 Å². The molecule has 2 aromatic carbocycles. The van der Waals surface area contributed by atoms with Gasteiger partial charge in [-0.1, -0.05) is 29.8 Å². The molecule has 0 bridgehead atoms. The van der Waals surface area contributed by atoms with E-state index >= 15 is 0 Å². The summed E-state index contributed by atoms with van der Waals surface area (Å²) in [5, 5.41) is 3.02. The van der Waals surface area contributed by atoms with Gasteiger partial charge in [-0.15, -0.1) is 11.8 Å². The van der Waals surface area contributed by atoms with Crippen LogP contribution in [0.15, 0.2) is 47.4 Å². The maximum Gasteiger partial charge on any atom is 0.251 e. The molecule has 0 atom stereocenters. The molecule has 1 fully saturated rings. The van der Waals surface area contributed by atoms with Gasteiger partial charge in [-0.25, -0.2) is 0 Å². The van der Waals surface area contributed by atoms with Gasteiger partial charge < -0.3 is 19.9 Å². The zero-order valence-corrected chi connectivity index (χ0v) is 18.1. The molecule has 2 amide bonds. The van der Waals surface area contributed by atoms with E-state index in [1.807, 2.05) is 25.1 Å². The van der Waals surface area contributed by atoms with Crippen molar-refractivity contribution in [2.24, 2.45) is 0 Å². The van der Waals surface area contributed by atoms with Crippen LogP contribution in [-0.2, 0) is 16.1 Å². The lowest BCUT2D eigenvalue weighted by atomic mass is 10.1. The summed E-state index contributed by atoms with van der Waals surface area (Å²) in [5.74, 6) is 0.400. The van der Waals surface area contributed by atoms with E-state index in [0.29, 0.717) is 24.4 Å². The van der Waals surface area contributed by atoms with E-state index in [9.17, 15) is 9.59 Å². The summed E-state index contributed by atoms with van der Waals surface area (Å²) in [7, 11) is 0. The SMILES string of the molecule is Cc1ccc(CN2C(=O)CSc3ccc(C(=O)NCC[NH+]4CCOCC4)cc32)cc1. The van der Waals surface area contributed by atoms with Crippen LogP contribution >= 0.6 is 11.8 Å². The average molecular weight is 427 g/mol. The highest BCUT2D eigenvalue weighted by molar-refractivity contribution is 8.00. The van der Waals surface area contributed by atoms with Gasteiger partial charge in [0.2, 0.25) is 5.91 Å². The number of amides is 2. The van der Waals surface area contributed by atoms with E-state index < -0.39 is 0 Å². The van der Waals surface area contributed by atoms with Crippen molar-refractivity contribution in [2.75, 3.05) is 50.0 Å². The Balaban J connectivity index is 1.44. The number of thioether (sulfide) groups is 1. The van der Waals surface area contributed by atoms with E-state index in [1.54, 1.807) is 4.90 Å². The lowest BCUT2D eigenvalue weighted by Gasteiger charge is -2.29.